The minimum Gasteiger partial charge on any atom is -0.330 e. The Hall–Kier alpha value is -0.520. The lowest BCUT2D eigenvalue weighted by atomic mass is 10.1. The smallest absolute Gasteiger partial charge is 0.0599 e. The first-order valence-corrected chi connectivity index (χ1v) is 5.14. The molecule has 0 spiro atoms. The SMILES string of the molecule is C#CCN(CCC)CC(CC)CN. The van der Waals surface area contributed by atoms with Crippen LogP contribution in [0.15, 0.2) is 0 Å². The van der Waals surface area contributed by atoms with Crippen LogP contribution in [0.3, 0.4) is 0 Å². The van der Waals surface area contributed by atoms with Crippen LogP contribution in [0, 0.1) is 18.3 Å². The zero-order chi connectivity index (χ0) is 10.1. The number of hydrogen-bond acceptors (Lipinski definition) is 2. The molecule has 13 heavy (non-hydrogen) atoms. The lowest BCUT2D eigenvalue weighted by Crippen LogP contribution is -2.33. The molecule has 2 nitrogen and oxygen atoms in total. The van der Waals surface area contributed by atoms with E-state index < -0.39 is 0 Å². The molecule has 2 heteroatoms. The Labute approximate surface area is 82.5 Å². The molecular formula is C11H22N2. The van der Waals surface area contributed by atoms with Crippen molar-refractivity contribution in [2.24, 2.45) is 11.7 Å². The molecule has 0 amide bonds. The first kappa shape index (κ1) is 12.5. The van der Waals surface area contributed by atoms with Crippen molar-refractivity contribution in [3.05, 3.63) is 0 Å². The van der Waals surface area contributed by atoms with Gasteiger partial charge >= 0.3 is 0 Å². The largest absolute Gasteiger partial charge is 0.330 e. The maximum atomic E-state index is 5.65. The second-order valence-electron chi connectivity index (χ2n) is 3.45. The van der Waals surface area contributed by atoms with E-state index in [0.29, 0.717) is 5.92 Å². The second kappa shape index (κ2) is 8.10. The molecule has 0 aromatic rings. The molecule has 0 radical (unpaired) electrons. The first-order chi connectivity index (χ1) is 6.28. The predicted octanol–water partition coefficient (Wildman–Crippen LogP) is 1.32. The first-order valence-electron chi connectivity index (χ1n) is 5.14. The predicted molar refractivity (Wildman–Crippen MR) is 58.4 cm³/mol. The third kappa shape index (κ3) is 5.68. The molecule has 1 atom stereocenters. The van der Waals surface area contributed by atoms with Crippen molar-refractivity contribution >= 4 is 0 Å². The van der Waals surface area contributed by atoms with Gasteiger partial charge in [0.15, 0.2) is 0 Å². The summed E-state index contributed by atoms with van der Waals surface area (Å²) >= 11 is 0. The van der Waals surface area contributed by atoms with E-state index in [9.17, 15) is 0 Å². The number of nitrogens with two attached hydrogens (primary N) is 1. The van der Waals surface area contributed by atoms with Gasteiger partial charge in [-0.3, -0.25) is 4.90 Å². The van der Waals surface area contributed by atoms with Crippen LogP contribution >= 0.6 is 0 Å². The van der Waals surface area contributed by atoms with Crippen LogP contribution in [-0.2, 0) is 0 Å². The van der Waals surface area contributed by atoms with Crippen LogP contribution < -0.4 is 5.73 Å². The third-order valence-electron chi connectivity index (χ3n) is 2.28. The summed E-state index contributed by atoms with van der Waals surface area (Å²) in [6.07, 6.45) is 7.59. The van der Waals surface area contributed by atoms with Gasteiger partial charge in [0.25, 0.3) is 0 Å². The number of nitrogens with zero attached hydrogens (tertiary/aromatic N) is 1. The van der Waals surface area contributed by atoms with E-state index in [1.54, 1.807) is 0 Å². The Balaban J connectivity index is 3.85. The zero-order valence-corrected chi connectivity index (χ0v) is 8.92. The topological polar surface area (TPSA) is 29.3 Å². The lowest BCUT2D eigenvalue weighted by molar-refractivity contribution is 0.255. The highest BCUT2D eigenvalue weighted by Crippen LogP contribution is 2.03. The molecule has 0 heterocycles. The van der Waals surface area contributed by atoms with E-state index >= 15 is 0 Å². The van der Waals surface area contributed by atoms with Crippen molar-refractivity contribution in [2.45, 2.75) is 26.7 Å². The highest BCUT2D eigenvalue weighted by atomic mass is 15.1. The Bertz CT molecular complexity index is 145. The maximum absolute atomic E-state index is 5.65. The molecule has 0 bridgehead atoms. The molecule has 1 unspecified atom stereocenters. The molecule has 2 N–H and O–H groups in total. The number of terminal acetylenes is 1. The van der Waals surface area contributed by atoms with Gasteiger partial charge in [-0.1, -0.05) is 26.2 Å². The zero-order valence-electron chi connectivity index (χ0n) is 8.92. The Morgan fingerprint density at radius 1 is 1.46 bits per heavy atom. The third-order valence-corrected chi connectivity index (χ3v) is 2.28. The van der Waals surface area contributed by atoms with Crippen molar-refractivity contribution in [3.63, 3.8) is 0 Å². The van der Waals surface area contributed by atoms with Crippen LogP contribution in [0.25, 0.3) is 0 Å². The molecule has 0 aliphatic heterocycles. The fourth-order valence-corrected chi connectivity index (χ4v) is 1.42. The normalized spacial score (nSPS) is 12.8. The van der Waals surface area contributed by atoms with Gasteiger partial charge in [0, 0.05) is 6.54 Å². The van der Waals surface area contributed by atoms with E-state index in [1.165, 1.54) is 0 Å². The average molecular weight is 182 g/mol. The van der Waals surface area contributed by atoms with Crippen molar-refractivity contribution in [2.75, 3.05) is 26.2 Å². The fraction of sp³-hybridized carbons (Fsp3) is 0.818. The maximum Gasteiger partial charge on any atom is 0.0599 e. The fourth-order valence-electron chi connectivity index (χ4n) is 1.42. The van der Waals surface area contributed by atoms with Crippen molar-refractivity contribution in [1.82, 2.24) is 4.90 Å². The van der Waals surface area contributed by atoms with Gasteiger partial charge in [-0.15, -0.1) is 6.42 Å². The summed E-state index contributed by atoms with van der Waals surface area (Å²) < 4.78 is 0. The van der Waals surface area contributed by atoms with Gasteiger partial charge in [-0.2, -0.15) is 0 Å². The molecule has 0 aromatic heterocycles. The molecule has 0 fully saturated rings. The van der Waals surface area contributed by atoms with E-state index in [0.717, 1.165) is 39.0 Å². The molecule has 76 valence electrons. The number of rotatable bonds is 7. The standard InChI is InChI=1S/C11H22N2/c1-4-7-13(8-5-2)10-11(6-3)9-12/h1,11H,5-10,12H2,2-3H3. The summed E-state index contributed by atoms with van der Waals surface area (Å²) in [5.41, 5.74) is 5.65. The molecule has 0 aliphatic rings. The Morgan fingerprint density at radius 3 is 2.54 bits per heavy atom. The summed E-state index contributed by atoms with van der Waals surface area (Å²) in [7, 11) is 0. The van der Waals surface area contributed by atoms with E-state index in [1.807, 2.05) is 0 Å². The minimum atomic E-state index is 0.597. The second-order valence-corrected chi connectivity index (χ2v) is 3.45. The van der Waals surface area contributed by atoms with Crippen molar-refractivity contribution in [3.8, 4) is 12.3 Å². The van der Waals surface area contributed by atoms with Gasteiger partial charge in [0.05, 0.1) is 6.54 Å². The Morgan fingerprint density at radius 2 is 2.15 bits per heavy atom. The van der Waals surface area contributed by atoms with Crippen molar-refractivity contribution in [1.29, 1.82) is 0 Å². The Kier molecular flexibility index (Phi) is 7.77. The highest BCUT2D eigenvalue weighted by Gasteiger charge is 2.09. The van der Waals surface area contributed by atoms with Crippen LogP contribution in [0.1, 0.15) is 26.7 Å². The van der Waals surface area contributed by atoms with E-state index in [2.05, 4.69) is 24.7 Å². The monoisotopic (exact) mass is 182 g/mol. The number of hydrogen-bond donors (Lipinski definition) is 1. The van der Waals surface area contributed by atoms with Gasteiger partial charge in [0.2, 0.25) is 0 Å². The van der Waals surface area contributed by atoms with E-state index in [4.69, 9.17) is 12.2 Å². The van der Waals surface area contributed by atoms with Crippen LogP contribution in [-0.4, -0.2) is 31.1 Å². The average Bonchev–Trinajstić information content (AvgIpc) is 2.14. The van der Waals surface area contributed by atoms with Gasteiger partial charge < -0.3 is 5.73 Å². The molecule has 0 aliphatic carbocycles. The van der Waals surface area contributed by atoms with Crippen molar-refractivity contribution < 1.29 is 0 Å². The van der Waals surface area contributed by atoms with E-state index in [-0.39, 0.29) is 0 Å². The summed E-state index contributed by atoms with van der Waals surface area (Å²) in [6.45, 7) is 8.00. The minimum absolute atomic E-state index is 0.597. The van der Waals surface area contributed by atoms with Crippen LogP contribution in [0.4, 0.5) is 0 Å². The summed E-state index contributed by atoms with van der Waals surface area (Å²) in [6, 6.07) is 0. The molecule has 0 rings (SSSR count). The van der Waals surface area contributed by atoms with Crippen LogP contribution in [0.2, 0.25) is 0 Å². The molecule has 0 saturated carbocycles. The van der Waals surface area contributed by atoms with Gasteiger partial charge in [-0.05, 0) is 25.4 Å². The quantitative estimate of drug-likeness (QED) is 0.602. The highest BCUT2D eigenvalue weighted by molar-refractivity contribution is 4.88. The molecular weight excluding hydrogens is 160 g/mol. The summed E-state index contributed by atoms with van der Waals surface area (Å²) in [5.74, 6) is 3.29. The lowest BCUT2D eigenvalue weighted by Gasteiger charge is -2.23. The summed E-state index contributed by atoms with van der Waals surface area (Å²) in [5, 5.41) is 0. The summed E-state index contributed by atoms with van der Waals surface area (Å²) in [4.78, 5) is 2.31. The van der Waals surface area contributed by atoms with Crippen LogP contribution in [0.5, 0.6) is 0 Å². The molecule has 0 aromatic carbocycles. The van der Waals surface area contributed by atoms with Gasteiger partial charge in [-0.25, -0.2) is 0 Å². The van der Waals surface area contributed by atoms with Gasteiger partial charge in [0.1, 0.15) is 0 Å². The molecule has 0 saturated heterocycles.